The van der Waals surface area contributed by atoms with Crippen LogP contribution in [0.5, 0.6) is 0 Å². The van der Waals surface area contributed by atoms with Gasteiger partial charge in [-0.15, -0.1) is 10.2 Å². The number of aromatic nitrogens is 3. The molecule has 1 rings (SSSR count). The zero-order valence-electron chi connectivity index (χ0n) is 9.27. The quantitative estimate of drug-likeness (QED) is 0.780. The first kappa shape index (κ1) is 11.2. The highest BCUT2D eigenvalue weighted by atomic mass is 15.3. The Bertz CT molecular complexity index is 267. The topological polar surface area (TPSA) is 56.7 Å². The number of hydrogen-bond donors (Lipinski definition) is 1. The number of nitrogens with two attached hydrogens (primary N) is 1. The molecular formula is C10H20N4. The van der Waals surface area contributed by atoms with Gasteiger partial charge >= 0.3 is 0 Å². The third-order valence-electron chi connectivity index (χ3n) is 2.14. The molecule has 0 saturated carbocycles. The van der Waals surface area contributed by atoms with Crippen molar-refractivity contribution in [1.82, 2.24) is 14.8 Å². The first-order valence-electron chi connectivity index (χ1n) is 5.28. The second-order valence-corrected chi connectivity index (χ2v) is 4.13. The minimum Gasteiger partial charge on any atom is -0.321 e. The first-order chi connectivity index (χ1) is 6.65. The molecule has 0 unspecified atom stereocenters. The number of nitrogens with zero attached hydrogens (tertiary/aromatic N) is 3. The maximum atomic E-state index is 6.00. The zero-order valence-corrected chi connectivity index (χ0v) is 9.27. The van der Waals surface area contributed by atoms with Crippen molar-refractivity contribution in [3.63, 3.8) is 0 Å². The molecule has 0 aromatic carbocycles. The van der Waals surface area contributed by atoms with Crippen molar-refractivity contribution in [1.29, 1.82) is 0 Å². The minimum atomic E-state index is 0.0289. The average Bonchev–Trinajstić information content (AvgIpc) is 2.51. The predicted molar refractivity (Wildman–Crippen MR) is 56.7 cm³/mol. The van der Waals surface area contributed by atoms with E-state index < -0.39 is 0 Å². The monoisotopic (exact) mass is 196 g/mol. The smallest absolute Gasteiger partial charge is 0.149 e. The third-order valence-corrected chi connectivity index (χ3v) is 2.14. The Balaban J connectivity index is 2.70. The molecule has 1 heterocycles. The molecule has 0 spiro atoms. The molecule has 4 heteroatoms. The van der Waals surface area contributed by atoms with Crippen LogP contribution in [0, 0.1) is 5.92 Å². The lowest BCUT2D eigenvalue weighted by Gasteiger charge is -2.13. The molecule has 4 nitrogen and oxygen atoms in total. The standard InChI is InChI=1S/C10H20N4/c1-4-5-9(11)10-13-12-7-14(10)6-8(2)3/h7-9H,4-6,11H2,1-3H3/t9-/m1/s1. The van der Waals surface area contributed by atoms with E-state index in [1.54, 1.807) is 6.33 Å². The van der Waals surface area contributed by atoms with E-state index in [0.717, 1.165) is 25.2 Å². The van der Waals surface area contributed by atoms with E-state index in [0.29, 0.717) is 5.92 Å². The van der Waals surface area contributed by atoms with Gasteiger partial charge in [0.25, 0.3) is 0 Å². The molecular weight excluding hydrogens is 176 g/mol. The van der Waals surface area contributed by atoms with Crippen LogP contribution in [0.1, 0.15) is 45.5 Å². The normalized spacial score (nSPS) is 13.5. The van der Waals surface area contributed by atoms with Gasteiger partial charge in [-0.25, -0.2) is 0 Å². The maximum Gasteiger partial charge on any atom is 0.149 e. The lowest BCUT2D eigenvalue weighted by molar-refractivity contribution is 0.479. The Morgan fingerprint density at radius 2 is 2.21 bits per heavy atom. The highest BCUT2D eigenvalue weighted by Gasteiger charge is 2.12. The summed E-state index contributed by atoms with van der Waals surface area (Å²) in [5, 5.41) is 7.99. The molecule has 1 atom stereocenters. The molecule has 0 bridgehead atoms. The van der Waals surface area contributed by atoms with Gasteiger partial charge < -0.3 is 10.3 Å². The van der Waals surface area contributed by atoms with Crippen LogP contribution >= 0.6 is 0 Å². The Labute approximate surface area is 85.5 Å². The van der Waals surface area contributed by atoms with Gasteiger partial charge in [-0.3, -0.25) is 0 Å². The van der Waals surface area contributed by atoms with Gasteiger partial charge in [-0.1, -0.05) is 27.2 Å². The lowest BCUT2D eigenvalue weighted by Crippen LogP contribution is -2.17. The molecule has 1 aromatic rings. The van der Waals surface area contributed by atoms with Crippen LogP contribution in [0.25, 0.3) is 0 Å². The fourth-order valence-electron chi connectivity index (χ4n) is 1.53. The number of rotatable bonds is 5. The van der Waals surface area contributed by atoms with Gasteiger partial charge in [0, 0.05) is 6.54 Å². The summed E-state index contributed by atoms with van der Waals surface area (Å²) in [4.78, 5) is 0. The van der Waals surface area contributed by atoms with Crippen LogP contribution in [-0.4, -0.2) is 14.8 Å². The molecule has 0 fully saturated rings. The Morgan fingerprint density at radius 1 is 1.50 bits per heavy atom. The summed E-state index contributed by atoms with van der Waals surface area (Å²) < 4.78 is 2.06. The van der Waals surface area contributed by atoms with Crippen LogP contribution in [0.3, 0.4) is 0 Å². The summed E-state index contributed by atoms with van der Waals surface area (Å²) in [6.07, 6.45) is 3.82. The van der Waals surface area contributed by atoms with Crippen LogP contribution < -0.4 is 5.73 Å². The number of hydrogen-bond acceptors (Lipinski definition) is 3. The Hall–Kier alpha value is -0.900. The second-order valence-electron chi connectivity index (χ2n) is 4.13. The molecule has 0 saturated heterocycles. The van der Waals surface area contributed by atoms with Crippen LogP contribution in [0.15, 0.2) is 6.33 Å². The third kappa shape index (κ3) is 2.80. The van der Waals surface area contributed by atoms with Crippen LogP contribution in [-0.2, 0) is 6.54 Å². The fraction of sp³-hybridized carbons (Fsp3) is 0.800. The highest BCUT2D eigenvalue weighted by Crippen LogP contribution is 2.13. The summed E-state index contributed by atoms with van der Waals surface area (Å²) in [5.74, 6) is 1.51. The van der Waals surface area contributed by atoms with E-state index in [1.165, 1.54) is 0 Å². The summed E-state index contributed by atoms with van der Waals surface area (Å²) in [6, 6.07) is 0.0289. The molecule has 80 valence electrons. The molecule has 0 aliphatic rings. The predicted octanol–water partition coefficient (Wildman–Crippen LogP) is 1.73. The zero-order chi connectivity index (χ0) is 10.6. The molecule has 0 radical (unpaired) electrons. The van der Waals surface area contributed by atoms with E-state index >= 15 is 0 Å². The van der Waals surface area contributed by atoms with E-state index in [4.69, 9.17) is 5.73 Å². The van der Waals surface area contributed by atoms with Crippen molar-refractivity contribution in [3.8, 4) is 0 Å². The van der Waals surface area contributed by atoms with Gasteiger partial charge in [-0.2, -0.15) is 0 Å². The maximum absolute atomic E-state index is 6.00. The second kappa shape index (κ2) is 5.10. The molecule has 0 aliphatic heterocycles. The summed E-state index contributed by atoms with van der Waals surface area (Å²) in [6.45, 7) is 7.42. The summed E-state index contributed by atoms with van der Waals surface area (Å²) in [5.41, 5.74) is 6.00. The van der Waals surface area contributed by atoms with E-state index in [1.807, 2.05) is 0 Å². The average molecular weight is 196 g/mol. The lowest BCUT2D eigenvalue weighted by atomic mass is 10.1. The molecule has 1 aromatic heterocycles. The summed E-state index contributed by atoms with van der Waals surface area (Å²) >= 11 is 0. The van der Waals surface area contributed by atoms with Gasteiger partial charge in [0.15, 0.2) is 0 Å². The fourth-order valence-corrected chi connectivity index (χ4v) is 1.53. The van der Waals surface area contributed by atoms with Crippen molar-refractivity contribution >= 4 is 0 Å². The Kier molecular flexibility index (Phi) is 4.07. The molecule has 0 aliphatic carbocycles. The molecule has 0 amide bonds. The van der Waals surface area contributed by atoms with Crippen LogP contribution in [0.2, 0.25) is 0 Å². The van der Waals surface area contributed by atoms with Crippen molar-refractivity contribution < 1.29 is 0 Å². The SMILES string of the molecule is CCC[C@@H](N)c1nncn1CC(C)C. The minimum absolute atomic E-state index is 0.0289. The van der Waals surface area contributed by atoms with E-state index in [2.05, 4.69) is 35.5 Å². The van der Waals surface area contributed by atoms with Crippen molar-refractivity contribution in [3.05, 3.63) is 12.2 Å². The van der Waals surface area contributed by atoms with Gasteiger partial charge in [0.05, 0.1) is 6.04 Å². The Morgan fingerprint density at radius 3 is 2.79 bits per heavy atom. The van der Waals surface area contributed by atoms with Crippen molar-refractivity contribution in [2.24, 2.45) is 11.7 Å². The van der Waals surface area contributed by atoms with Gasteiger partial charge in [0.2, 0.25) is 0 Å². The van der Waals surface area contributed by atoms with E-state index in [9.17, 15) is 0 Å². The molecule has 14 heavy (non-hydrogen) atoms. The molecule has 2 N–H and O–H groups in total. The highest BCUT2D eigenvalue weighted by molar-refractivity contribution is 4.93. The first-order valence-corrected chi connectivity index (χ1v) is 5.28. The van der Waals surface area contributed by atoms with E-state index in [-0.39, 0.29) is 6.04 Å². The van der Waals surface area contributed by atoms with Gasteiger partial charge in [0.1, 0.15) is 12.2 Å². The van der Waals surface area contributed by atoms with Crippen molar-refractivity contribution in [2.75, 3.05) is 0 Å². The largest absolute Gasteiger partial charge is 0.321 e. The van der Waals surface area contributed by atoms with Gasteiger partial charge in [-0.05, 0) is 12.3 Å². The van der Waals surface area contributed by atoms with Crippen LogP contribution in [0.4, 0.5) is 0 Å². The van der Waals surface area contributed by atoms with Crippen molar-refractivity contribution in [2.45, 2.75) is 46.2 Å². The summed E-state index contributed by atoms with van der Waals surface area (Å²) in [7, 11) is 0.